The Balaban J connectivity index is 2.70. The summed E-state index contributed by atoms with van der Waals surface area (Å²) < 4.78 is 0. The minimum absolute atomic E-state index is 0.0981. The number of hydrogen-bond acceptors (Lipinski definition) is 3. The van der Waals surface area contributed by atoms with Gasteiger partial charge in [-0.3, -0.25) is 5.41 Å². The maximum absolute atomic E-state index is 9.39. The number of nitrogen functional groups attached to an aromatic ring is 1. The SMILES string of the molecule is CC(O)C(C)SCc1ccccc1C(=N)N. The summed E-state index contributed by atoms with van der Waals surface area (Å²) in [6, 6.07) is 7.64. The number of rotatable bonds is 5. The molecule has 0 saturated heterocycles. The second-order valence-electron chi connectivity index (χ2n) is 3.83. The van der Waals surface area contributed by atoms with Crippen LogP contribution < -0.4 is 5.73 Å². The Morgan fingerprint density at radius 1 is 1.44 bits per heavy atom. The molecule has 0 amide bonds. The summed E-state index contributed by atoms with van der Waals surface area (Å²) in [6.45, 7) is 3.78. The van der Waals surface area contributed by atoms with E-state index in [-0.39, 0.29) is 17.2 Å². The van der Waals surface area contributed by atoms with Crippen molar-refractivity contribution in [2.24, 2.45) is 5.73 Å². The van der Waals surface area contributed by atoms with Crippen molar-refractivity contribution >= 4 is 17.6 Å². The van der Waals surface area contributed by atoms with Crippen LogP contribution in [0.3, 0.4) is 0 Å². The van der Waals surface area contributed by atoms with E-state index in [1.54, 1.807) is 18.7 Å². The molecule has 0 aromatic heterocycles. The number of benzene rings is 1. The summed E-state index contributed by atoms with van der Waals surface area (Å²) in [5.41, 5.74) is 7.34. The van der Waals surface area contributed by atoms with E-state index in [1.165, 1.54) is 0 Å². The van der Waals surface area contributed by atoms with Gasteiger partial charge in [-0.25, -0.2) is 0 Å². The second-order valence-corrected chi connectivity index (χ2v) is 5.19. The first-order valence-electron chi connectivity index (χ1n) is 5.24. The molecule has 0 spiro atoms. The van der Waals surface area contributed by atoms with Gasteiger partial charge in [0.05, 0.1) is 6.10 Å². The van der Waals surface area contributed by atoms with Crippen LogP contribution in [0, 0.1) is 5.41 Å². The molecule has 1 aromatic carbocycles. The zero-order valence-corrected chi connectivity index (χ0v) is 10.4. The molecular formula is C12H18N2OS. The molecule has 3 nitrogen and oxygen atoms in total. The van der Waals surface area contributed by atoms with Crippen molar-refractivity contribution in [1.82, 2.24) is 0 Å². The number of nitrogens with two attached hydrogens (primary N) is 1. The fraction of sp³-hybridized carbons (Fsp3) is 0.417. The molecule has 0 heterocycles. The van der Waals surface area contributed by atoms with E-state index in [0.29, 0.717) is 0 Å². The van der Waals surface area contributed by atoms with E-state index in [1.807, 2.05) is 31.2 Å². The zero-order chi connectivity index (χ0) is 12.1. The Labute approximate surface area is 101 Å². The lowest BCUT2D eigenvalue weighted by Gasteiger charge is -2.15. The molecule has 2 unspecified atom stereocenters. The fourth-order valence-electron chi connectivity index (χ4n) is 1.27. The Morgan fingerprint density at radius 3 is 2.62 bits per heavy atom. The van der Waals surface area contributed by atoms with Crippen LogP contribution in [0.2, 0.25) is 0 Å². The predicted molar refractivity (Wildman–Crippen MR) is 69.9 cm³/mol. The smallest absolute Gasteiger partial charge is 0.123 e. The highest BCUT2D eigenvalue weighted by molar-refractivity contribution is 7.99. The first-order valence-corrected chi connectivity index (χ1v) is 6.29. The lowest BCUT2D eigenvalue weighted by molar-refractivity contribution is 0.196. The van der Waals surface area contributed by atoms with E-state index < -0.39 is 0 Å². The maximum atomic E-state index is 9.39. The monoisotopic (exact) mass is 238 g/mol. The Bertz CT molecular complexity index is 366. The molecule has 0 fully saturated rings. The van der Waals surface area contributed by atoms with Gasteiger partial charge in [0, 0.05) is 16.6 Å². The average Bonchev–Trinajstić information content (AvgIpc) is 2.25. The highest BCUT2D eigenvalue weighted by Crippen LogP contribution is 2.22. The molecule has 0 saturated carbocycles. The van der Waals surface area contributed by atoms with E-state index in [4.69, 9.17) is 11.1 Å². The summed E-state index contributed by atoms with van der Waals surface area (Å²) in [4.78, 5) is 0. The Hall–Kier alpha value is -1.00. The fourth-order valence-corrected chi connectivity index (χ4v) is 2.24. The first kappa shape index (κ1) is 13.1. The molecule has 88 valence electrons. The van der Waals surface area contributed by atoms with Gasteiger partial charge in [-0.15, -0.1) is 0 Å². The molecular weight excluding hydrogens is 220 g/mol. The third kappa shape index (κ3) is 3.54. The Morgan fingerprint density at radius 2 is 2.06 bits per heavy atom. The van der Waals surface area contributed by atoms with Crippen molar-refractivity contribution in [1.29, 1.82) is 5.41 Å². The summed E-state index contributed by atoms with van der Waals surface area (Å²) in [7, 11) is 0. The first-order chi connectivity index (χ1) is 7.52. The van der Waals surface area contributed by atoms with Gasteiger partial charge in [0.1, 0.15) is 5.84 Å². The molecule has 0 radical (unpaired) electrons. The summed E-state index contributed by atoms with van der Waals surface area (Å²) in [6.07, 6.45) is -0.325. The third-order valence-corrected chi connectivity index (χ3v) is 3.89. The largest absolute Gasteiger partial charge is 0.392 e. The van der Waals surface area contributed by atoms with E-state index >= 15 is 0 Å². The van der Waals surface area contributed by atoms with Crippen LogP contribution in [0.4, 0.5) is 0 Å². The van der Waals surface area contributed by atoms with Gasteiger partial charge in [-0.1, -0.05) is 31.2 Å². The van der Waals surface area contributed by atoms with Gasteiger partial charge >= 0.3 is 0 Å². The van der Waals surface area contributed by atoms with Gasteiger partial charge in [0.25, 0.3) is 0 Å². The number of nitrogens with one attached hydrogen (secondary N) is 1. The second kappa shape index (κ2) is 5.92. The number of thioether (sulfide) groups is 1. The van der Waals surface area contributed by atoms with E-state index in [2.05, 4.69) is 0 Å². The standard InChI is InChI=1S/C12H18N2OS/c1-8(15)9(2)16-7-10-5-3-4-6-11(10)12(13)14/h3-6,8-9,15H,7H2,1-2H3,(H3,13,14). The molecule has 0 aliphatic heterocycles. The number of aliphatic hydroxyl groups is 1. The number of hydrogen-bond donors (Lipinski definition) is 3. The van der Waals surface area contributed by atoms with Crippen molar-refractivity contribution in [3.8, 4) is 0 Å². The van der Waals surface area contributed by atoms with Crippen LogP contribution in [0.15, 0.2) is 24.3 Å². The van der Waals surface area contributed by atoms with Crippen molar-refractivity contribution in [2.75, 3.05) is 0 Å². The summed E-state index contributed by atoms with van der Waals surface area (Å²) in [5, 5.41) is 17.0. The average molecular weight is 238 g/mol. The normalized spacial score (nSPS) is 14.4. The van der Waals surface area contributed by atoms with Crippen molar-refractivity contribution in [3.63, 3.8) is 0 Å². The van der Waals surface area contributed by atoms with Gasteiger partial charge in [0.2, 0.25) is 0 Å². The van der Waals surface area contributed by atoms with Crippen LogP contribution in [-0.2, 0) is 5.75 Å². The Kier molecular flexibility index (Phi) is 4.83. The van der Waals surface area contributed by atoms with Gasteiger partial charge in [-0.05, 0) is 12.5 Å². The molecule has 1 aromatic rings. The van der Waals surface area contributed by atoms with Gasteiger partial charge in [-0.2, -0.15) is 11.8 Å². The van der Waals surface area contributed by atoms with Crippen LogP contribution in [0.25, 0.3) is 0 Å². The summed E-state index contributed by atoms with van der Waals surface area (Å²) in [5.74, 6) is 0.864. The molecule has 4 N–H and O–H groups in total. The van der Waals surface area contributed by atoms with Crippen LogP contribution in [-0.4, -0.2) is 22.3 Å². The van der Waals surface area contributed by atoms with E-state index in [9.17, 15) is 5.11 Å². The minimum Gasteiger partial charge on any atom is -0.392 e. The lowest BCUT2D eigenvalue weighted by atomic mass is 10.1. The molecule has 4 heteroatoms. The van der Waals surface area contributed by atoms with Gasteiger partial charge < -0.3 is 10.8 Å². The lowest BCUT2D eigenvalue weighted by Crippen LogP contribution is -2.17. The predicted octanol–water partition coefficient (Wildman–Crippen LogP) is 1.97. The van der Waals surface area contributed by atoms with E-state index in [0.717, 1.165) is 16.9 Å². The van der Waals surface area contributed by atoms with Crippen LogP contribution >= 0.6 is 11.8 Å². The highest BCUT2D eigenvalue weighted by Gasteiger charge is 2.11. The third-order valence-electron chi connectivity index (χ3n) is 2.49. The maximum Gasteiger partial charge on any atom is 0.123 e. The summed E-state index contributed by atoms with van der Waals surface area (Å²) >= 11 is 1.67. The zero-order valence-electron chi connectivity index (χ0n) is 9.60. The number of aliphatic hydroxyl groups excluding tert-OH is 1. The van der Waals surface area contributed by atoms with Crippen molar-refractivity contribution < 1.29 is 5.11 Å². The topological polar surface area (TPSA) is 70.1 Å². The quantitative estimate of drug-likeness (QED) is 0.542. The number of amidine groups is 1. The van der Waals surface area contributed by atoms with Crippen LogP contribution in [0.5, 0.6) is 0 Å². The van der Waals surface area contributed by atoms with Crippen molar-refractivity contribution in [2.45, 2.75) is 31.0 Å². The minimum atomic E-state index is -0.325. The molecule has 0 aliphatic rings. The van der Waals surface area contributed by atoms with Crippen LogP contribution in [0.1, 0.15) is 25.0 Å². The van der Waals surface area contributed by atoms with Gasteiger partial charge in [0.15, 0.2) is 0 Å². The molecule has 0 aliphatic carbocycles. The molecule has 1 rings (SSSR count). The molecule has 0 bridgehead atoms. The highest BCUT2D eigenvalue weighted by atomic mass is 32.2. The van der Waals surface area contributed by atoms with Crippen molar-refractivity contribution in [3.05, 3.63) is 35.4 Å². The molecule has 16 heavy (non-hydrogen) atoms. The molecule has 2 atom stereocenters.